The number of carbonyl (C=O) groups excluding carboxylic acids is 2. The topological polar surface area (TPSA) is 73.9 Å². The summed E-state index contributed by atoms with van der Waals surface area (Å²) in [4.78, 5) is 29.4. The summed E-state index contributed by atoms with van der Waals surface area (Å²) in [7, 11) is 1.81. The molecule has 0 unspecified atom stereocenters. The summed E-state index contributed by atoms with van der Waals surface area (Å²) in [6.45, 7) is 8.44. The third-order valence-electron chi connectivity index (χ3n) is 6.65. The second-order valence-corrected chi connectivity index (χ2v) is 9.15. The van der Waals surface area contributed by atoms with Crippen molar-refractivity contribution in [3.8, 4) is 0 Å². The standard InChI is InChI=1S/C24H38N4O3/c1-19-8-7-9-20(2)23(19)26-22(30)17-27(3)16-21(29)25-18-24(10-5-4-6-11-24)28-12-14-31-15-13-28/h7-9H,4-6,10-18H2,1-3H3,(H,25,29)(H,26,30). The van der Waals surface area contributed by atoms with E-state index in [2.05, 4.69) is 15.5 Å². The van der Waals surface area contributed by atoms with E-state index in [4.69, 9.17) is 4.74 Å². The highest BCUT2D eigenvalue weighted by molar-refractivity contribution is 5.94. The molecule has 3 rings (SSSR count). The summed E-state index contributed by atoms with van der Waals surface area (Å²) in [5.41, 5.74) is 2.98. The van der Waals surface area contributed by atoms with Crippen LogP contribution in [-0.4, -0.2) is 80.1 Å². The van der Waals surface area contributed by atoms with Crippen molar-refractivity contribution in [3.63, 3.8) is 0 Å². The molecule has 1 aromatic rings. The molecule has 1 saturated carbocycles. The third-order valence-corrected chi connectivity index (χ3v) is 6.65. The number of rotatable bonds is 8. The van der Waals surface area contributed by atoms with Gasteiger partial charge in [-0.05, 0) is 44.9 Å². The lowest BCUT2D eigenvalue weighted by molar-refractivity contribution is -0.124. The van der Waals surface area contributed by atoms with Crippen LogP contribution in [0.2, 0.25) is 0 Å². The van der Waals surface area contributed by atoms with Crippen molar-refractivity contribution in [2.45, 2.75) is 51.5 Å². The Morgan fingerprint density at radius 3 is 2.29 bits per heavy atom. The van der Waals surface area contributed by atoms with Gasteiger partial charge in [0.1, 0.15) is 0 Å². The van der Waals surface area contributed by atoms with E-state index in [1.54, 1.807) is 4.90 Å². The van der Waals surface area contributed by atoms with Crippen LogP contribution in [0.25, 0.3) is 0 Å². The minimum Gasteiger partial charge on any atom is -0.379 e. The van der Waals surface area contributed by atoms with Gasteiger partial charge in [-0.3, -0.25) is 19.4 Å². The largest absolute Gasteiger partial charge is 0.379 e. The summed E-state index contributed by atoms with van der Waals surface area (Å²) in [5.74, 6) is -0.134. The Morgan fingerprint density at radius 1 is 1.03 bits per heavy atom. The number of nitrogens with one attached hydrogen (secondary N) is 2. The Morgan fingerprint density at radius 2 is 1.65 bits per heavy atom. The molecule has 1 heterocycles. The zero-order chi connectivity index (χ0) is 22.3. The molecule has 2 amide bonds. The van der Waals surface area contributed by atoms with Crippen LogP contribution < -0.4 is 10.6 Å². The number of para-hydroxylation sites is 1. The van der Waals surface area contributed by atoms with Gasteiger partial charge in [0.05, 0.1) is 26.3 Å². The van der Waals surface area contributed by atoms with E-state index in [0.717, 1.165) is 56.0 Å². The van der Waals surface area contributed by atoms with Crippen LogP contribution in [0.5, 0.6) is 0 Å². The van der Waals surface area contributed by atoms with Crippen LogP contribution in [0.15, 0.2) is 18.2 Å². The summed E-state index contributed by atoms with van der Waals surface area (Å²) < 4.78 is 5.53. The fourth-order valence-corrected chi connectivity index (χ4v) is 4.91. The average molecular weight is 431 g/mol. The predicted molar refractivity (Wildman–Crippen MR) is 123 cm³/mol. The van der Waals surface area contributed by atoms with E-state index in [1.165, 1.54) is 19.3 Å². The van der Waals surface area contributed by atoms with Crippen LogP contribution in [0, 0.1) is 13.8 Å². The molecular formula is C24H38N4O3. The maximum Gasteiger partial charge on any atom is 0.238 e. The molecule has 172 valence electrons. The molecule has 0 radical (unpaired) electrons. The van der Waals surface area contributed by atoms with Gasteiger partial charge in [-0.25, -0.2) is 0 Å². The monoisotopic (exact) mass is 430 g/mol. The van der Waals surface area contributed by atoms with Gasteiger partial charge in [-0.1, -0.05) is 37.5 Å². The van der Waals surface area contributed by atoms with Gasteiger partial charge in [-0.2, -0.15) is 0 Å². The molecule has 0 atom stereocenters. The van der Waals surface area contributed by atoms with E-state index < -0.39 is 0 Å². The fraction of sp³-hybridized carbons (Fsp3) is 0.667. The molecule has 0 aromatic heterocycles. The Hall–Kier alpha value is -1.96. The lowest BCUT2D eigenvalue weighted by Gasteiger charge is -2.48. The number of morpholine rings is 1. The smallest absolute Gasteiger partial charge is 0.238 e. The minimum atomic E-state index is -0.107. The SMILES string of the molecule is Cc1cccc(C)c1NC(=O)CN(C)CC(=O)NCC1(N2CCOCC2)CCCCC1. The van der Waals surface area contributed by atoms with E-state index >= 15 is 0 Å². The van der Waals surface area contributed by atoms with Crippen molar-refractivity contribution >= 4 is 17.5 Å². The van der Waals surface area contributed by atoms with E-state index in [1.807, 2.05) is 39.1 Å². The Labute approximate surface area is 186 Å². The molecule has 7 heteroatoms. The minimum absolute atomic E-state index is 0.0272. The molecule has 31 heavy (non-hydrogen) atoms. The van der Waals surface area contributed by atoms with Gasteiger partial charge in [0.2, 0.25) is 11.8 Å². The highest BCUT2D eigenvalue weighted by Crippen LogP contribution is 2.33. The van der Waals surface area contributed by atoms with E-state index in [0.29, 0.717) is 6.54 Å². The van der Waals surface area contributed by atoms with Gasteiger partial charge < -0.3 is 15.4 Å². The Balaban J connectivity index is 1.48. The molecule has 1 aliphatic heterocycles. The summed E-state index contributed by atoms with van der Waals surface area (Å²) in [6, 6.07) is 5.94. The molecule has 2 N–H and O–H groups in total. The first-order valence-corrected chi connectivity index (χ1v) is 11.5. The van der Waals surface area contributed by atoms with Crippen molar-refractivity contribution in [2.75, 3.05) is 58.3 Å². The average Bonchev–Trinajstić information content (AvgIpc) is 2.76. The Kier molecular flexibility index (Phi) is 8.46. The second-order valence-electron chi connectivity index (χ2n) is 9.15. The molecule has 1 aromatic carbocycles. The molecular weight excluding hydrogens is 392 g/mol. The highest BCUT2D eigenvalue weighted by atomic mass is 16.5. The number of benzene rings is 1. The molecule has 7 nitrogen and oxygen atoms in total. The van der Waals surface area contributed by atoms with Gasteiger partial charge in [0.25, 0.3) is 0 Å². The molecule has 2 fully saturated rings. The van der Waals surface area contributed by atoms with Crippen LogP contribution in [0.1, 0.15) is 43.2 Å². The van der Waals surface area contributed by atoms with Crippen molar-refractivity contribution in [2.24, 2.45) is 0 Å². The normalized spacial score (nSPS) is 19.2. The van der Waals surface area contributed by atoms with Crippen LogP contribution >= 0.6 is 0 Å². The van der Waals surface area contributed by atoms with Crippen molar-refractivity contribution < 1.29 is 14.3 Å². The first-order valence-electron chi connectivity index (χ1n) is 11.5. The number of hydrogen-bond donors (Lipinski definition) is 2. The molecule has 1 saturated heterocycles. The van der Waals surface area contributed by atoms with Gasteiger partial charge in [0, 0.05) is 30.9 Å². The fourth-order valence-electron chi connectivity index (χ4n) is 4.91. The molecule has 0 spiro atoms. The number of ether oxygens (including phenoxy) is 1. The zero-order valence-corrected chi connectivity index (χ0v) is 19.3. The van der Waals surface area contributed by atoms with Gasteiger partial charge in [0.15, 0.2) is 0 Å². The number of carbonyl (C=O) groups is 2. The maximum absolute atomic E-state index is 12.6. The number of nitrogens with zero attached hydrogens (tertiary/aromatic N) is 2. The van der Waals surface area contributed by atoms with Crippen molar-refractivity contribution in [3.05, 3.63) is 29.3 Å². The summed E-state index contributed by atoms with van der Waals surface area (Å²) >= 11 is 0. The number of likely N-dealkylation sites (N-methyl/N-ethyl adjacent to an activating group) is 1. The van der Waals surface area contributed by atoms with Crippen molar-refractivity contribution in [1.29, 1.82) is 0 Å². The summed E-state index contributed by atoms with van der Waals surface area (Å²) in [5, 5.41) is 6.15. The lowest BCUT2D eigenvalue weighted by atomic mass is 9.79. The number of amides is 2. The van der Waals surface area contributed by atoms with Crippen LogP contribution in [0.3, 0.4) is 0 Å². The first-order chi connectivity index (χ1) is 14.9. The van der Waals surface area contributed by atoms with Crippen molar-refractivity contribution in [1.82, 2.24) is 15.1 Å². The molecule has 2 aliphatic rings. The van der Waals surface area contributed by atoms with E-state index in [9.17, 15) is 9.59 Å². The number of hydrogen-bond acceptors (Lipinski definition) is 5. The maximum atomic E-state index is 12.6. The lowest BCUT2D eigenvalue weighted by Crippen LogP contribution is -2.60. The highest BCUT2D eigenvalue weighted by Gasteiger charge is 2.38. The molecule has 1 aliphatic carbocycles. The zero-order valence-electron chi connectivity index (χ0n) is 19.3. The Bertz CT molecular complexity index is 735. The summed E-state index contributed by atoms with van der Waals surface area (Å²) in [6.07, 6.45) is 5.96. The van der Waals surface area contributed by atoms with Crippen LogP contribution in [0.4, 0.5) is 5.69 Å². The number of anilines is 1. The first kappa shape index (κ1) is 23.7. The van der Waals surface area contributed by atoms with E-state index in [-0.39, 0.29) is 30.4 Å². The predicted octanol–water partition coefficient (Wildman–Crippen LogP) is 2.33. The van der Waals surface area contributed by atoms with Gasteiger partial charge >= 0.3 is 0 Å². The van der Waals surface area contributed by atoms with Crippen LogP contribution in [-0.2, 0) is 14.3 Å². The second kappa shape index (κ2) is 11.1. The van der Waals surface area contributed by atoms with Gasteiger partial charge in [-0.15, -0.1) is 0 Å². The number of aryl methyl sites for hydroxylation is 2. The third kappa shape index (κ3) is 6.51. The quantitative estimate of drug-likeness (QED) is 0.662. The molecule has 0 bridgehead atoms.